The zero-order valence-corrected chi connectivity index (χ0v) is 18.5. The van der Waals surface area contributed by atoms with Crippen molar-refractivity contribution < 1.29 is 14.7 Å². The van der Waals surface area contributed by atoms with Crippen LogP contribution in [0.1, 0.15) is 59.2 Å². The Balaban J connectivity index is 1.36. The van der Waals surface area contributed by atoms with Crippen LogP contribution in [0.5, 0.6) is 0 Å². The molecule has 170 valence electrons. The number of aromatic nitrogens is 1. The fourth-order valence-electron chi connectivity index (χ4n) is 4.71. The molecule has 4 rings (SSSR count). The third-order valence-electron chi connectivity index (χ3n) is 6.61. The first-order valence-corrected chi connectivity index (χ1v) is 11.7. The molecule has 0 spiro atoms. The number of pyridine rings is 1. The van der Waals surface area contributed by atoms with E-state index in [-0.39, 0.29) is 11.5 Å². The van der Waals surface area contributed by atoms with Gasteiger partial charge in [-0.3, -0.25) is 4.79 Å². The van der Waals surface area contributed by atoms with Crippen molar-refractivity contribution in [2.75, 3.05) is 42.9 Å². The predicted octanol–water partition coefficient (Wildman–Crippen LogP) is 4.12. The lowest BCUT2D eigenvalue weighted by atomic mass is 9.93. The van der Waals surface area contributed by atoms with E-state index in [0.29, 0.717) is 23.0 Å². The maximum atomic E-state index is 12.4. The van der Waals surface area contributed by atoms with E-state index in [0.717, 1.165) is 25.9 Å². The molecule has 2 saturated heterocycles. The Morgan fingerprint density at radius 3 is 2.44 bits per heavy atom. The average molecular weight is 437 g/mol. The highest BCUT2D eigenvalue weighted by molar-refractivity contribution is 6.05. The van der Waals surface area contributed by atoms with E-state index < -0.39 is 5.97 Å². The number of carboxylic acid groups (broad SMARTS) is 1. The lowest BCUT2D eigenvalue weighted by molar-refractivity contribution is 0.0696. The van der Waals surface area contributed by atoms with Crippen LogP contribution in [0.3, 0.4) is 0 Å². The topological polar surface area (TPSA) is 85.8 Å². The monoisotopic (exact) mass is 436 g/mol. The highest BCUT2D eigenvalue weighted by Gasteiger charge is 2.25. The van der Waals surface area contributed by atoms with Crippen molar-refractivity contribution in [2.24, 2.45) is 5.92 Å². The van der Waals surface area contributed by atoms with Crippen LogP contribution in [0, 0.1) is 5.92 Å². The number of aromatic carboxylic acids is 1. The van der Waals surface area contributed by atoms with Gasteiger partial charge in [0.15, 0.2) is 0 Å². The molecule has 32 heavy (non-hydrogen) atoms. The Labute approximate surface area is 189 Å². The van der Waals surface area contributed by atoms with Crippen LogP contribution in [-0.2, 0) is 0 Å². The number of nitrogens with zero attached hydrogens (tertiary/aromatic N) is 3. The summed E-state index contributed by atoms with van der Waals surface area (Å²) in [5.74, 6) is -0.142. The van der Waals surface area contributed by atoms with E-state index in [1.165, 1.54) is 51.4 Å². The fourth-order valence-corrected chi connectivity index (χ4v) is 4.71. The molecule has 2 aliphatic rings. The Kier molecular flexibility index (Phi) is 7.37. The van der Waals surface area contributed by atoms with Crippen LogP contribution >= 0.6 is 0 Å². The molecule has 0 bridgehead atoms. The highest BCUT2D eigenvalue weighted by Crippen LogP contribution is 2.28. The SMILES string of the molecule is O=C(Nc1cnc(N2CCC(CCN3CCCCC3)CC2)c(C(=O)O)c1)c1ccccc1. The number of carboxylic acids is 1. The van der Waals surface area contributed by atoms with E-state index >= 15 is 0 Å². The Morgan fingerprint density at radius 1 is 1.03 bits per heavy atom. The minimum Gasteiger partial charge on any atom is -0.478 e. The summed E-state index contributed by atoms with van der Waals surface area (Å²) in [7, 11) is 0. The number of carbonyl (C=O) groups excluding carboxylic acids is 1. The molecule has 2 aliphatic heterocycles. The van der Waals surface area contributed by atoms with Gasteiger partial charge in [-0.15, -0.1) is 0 Å². The third kappa shape index (κ3) is 5.65. The van der Waals surface area contributed by atoms with E-state index in [4.69, 9.17) is 0 Å². The first-order chi connectivity index (χ1) is 15.6. The molecule has 0 unspecified atom stereocenters. The molecule has 0 atom stereocenters. The average Bonchev–Trinajstić information content (AvgIpc) is 2.84. The third-order valence-corrected chi connectivity index (χ3v) is 6.61. The maximum absolute atomic E-state index is 12.4. The van der Waals surface area contributed by atoms with Gasteiger partial charge in [-0.25, -0.2) is 9.78 Å². The summed E-state index contributed by atoms with van der Waals surface area (Å²) < 4.78 is 0. The van der Waals surface area contributed by atoms with Crippen molar-refractivity contribution >= 4 is 23.4 Å². The molecule has 2 N–H and O–H groups in total. The van der Waals surface area contributed by atoms with Crippen LogP contribution < -0.4 is 10.2 Å². The van der Waals surface area contributed by atoms with Gasteiger partial charge in [-0.1, -0.05) is 24.6 Å². The molecule has 3 heterocycles. The molecule has 0 aliphatic carbocycles. The molecule has 1 aromatic carbocycles. The predicted molar refractivity (Wildman–Crippen MR) is 125 cm³/mol. The number of nitrogens with one attached hydrogen (secondary N) is 1. The van der Waals surface area contributed by atoms with Gasteiger partial charge in [0.25, 0.3) is 5.91 Å². The quantitative estimate of drug-likeness (QED) is 0.679. The number of hydrogen-bond donors (Lipinski definition) is 2. The summed E-state index contributed by atoms with van der Waals surface area (Å²) in [6.07, 6.45) is 8.89. The number of rotatable bonds is 7. The summed E-state index contributed by atoms with van der Waals surface area (Å²) in [5, 5.41) is 12.5. The molecule has 1 aromatic heterocycles. The minimum atomic E-state index is -1.03. The number of hydrogen-bond acceptors (Lipinski definition) is 5. The highest BCUT2D eigenvalue weighted by atomic mass is 16.4. The zero-order chi connectivity index (χ0) is 22.3. The fraction of sp³-hybridized carbons (Fsp3) is 0.480. The molecule has 2 aromatic rings. The van der Waals surface area contributed by atoms with Crippen LogP contribution in [-0.4, -0.2) is 59.6 Å². The summed E-state index contributed by atoms with van der Waals surface area (Å²) in [4.78, 5) is 33.4. The number of anilines is 2. The van der Waals surface area contributed by atoms with Gasteiger partial charge in [-0.05, 0) is 75.9 Å². The normalized spacial score (nSPS) is 17.8. The number of carbonyl (C=O) groups is 2. The van der Waals surface area contributed by atoms with E-state index in [9.17, 15) is 14.7 Å². The maximum Gasteiger partial charge on any atom is 0.339 e. The van der Waals surface area contributed by atoms with Gasteiger partial charge in [0.1, 0.15) is 11.4 Å². The lowest BCUT2D eigenvalue weighted by Crippen LogP contribution is -2.37. The number of piperidine rings is 2. The number of amides is 1. The molecule has 0 radical (unpaired) electrons. The largest absolute Gasteiger partial charge is 0.478 e. The van der Waals surface area contributed by atoms with Gasteiger partial charge in [0.05, 0.1) is 11.9 Å². The van der Waals surface area contributed by atoms with Crippen molar-refractivity contribution in [1.82, 2.24) is 9.88 Å². The van der Waals surface area contributed by atoms with Crippen LogP contribution in [0.15, 0.2) is 42.6 Å². The molecule has 7 nitrogen and oxygen atoms in total. The molecule has 0 saturated carbocycles. The van der Waals surface area contributed by atoms with Gasteiger partial charge < -0.3 is 20.2 Å². The summed E-state index contributed by atoms with van der Waals surface area (Å²) >= 11 is 0. The zero-order valence-electron chi connectivity index (χ0n) is 18.5. The van der Waals surface area contributed by atoms with Crippen molar-refractivity contribution in [3.05, 3.63) is 53.7 Å². The summed E-state index contributed by atoms with van der Waals surface area (Å²) in [5.41, 5.74) is 1.03. The summed E-state index contributed by atoms with van der Waals surface area (Å²) in [6.45, 7) is 5.27. The Bertz CT molecular complexity index is 920. The number of likely N-dealkylation sites (tertiary alicyclic amines) is 1. The molecular formula is C25H32N4O3. The van der Waals surface area contributed by atoms with E-state index in [1.54, 1.807) is 30.5 Å². The lowest BCUT2D eigenvalue weighted by Gasteiger charge is -2.35. The second-order valence-electron chi connectivity index (χ2n) is 8.84. The molecular weight excluding hydrogens is 404 g/mol. The number of benzene rings is 1. The molecule has 1 amide bonds. The van der Waals surface area contributed by atoms with Crippen LogP contribution in [0.25, 0.3) is 0 Å². The smallest absolute Gasteiger partial charge is 0.339 e. The second kappa shape index (κ2) is 10.6. The second-order valence-corrected chi connectivity index (χ2v) is 8.84. The van der Waals surface area contributed by atoms with Crippen LogP contribution in [0.4, 0.5) is 11.5 Å². The van der Waals surface area contributed by atoms with Crippen LogP contribution in [0.2, 0.25) is 0 Å². The summed E-state index contributed by atoms with van der Waals surface area (Å²) in [6, 6.07) is 10.3. The van der Waals surface area contributed by atoms with E-state index in [1.807, 2.05) is 6.07 Å². The van der Waals surface area contributed by atoms with E-state index in [2.05, 4.69) is 20.1 Å². The Hall–Kier alpha value is -2.93. The molecule has 2 fully saturated rings. The van der Waals surface area contributed by atoms with Crippen molar-refractivity contribution in [3.8, 4) is 0 Å². The standard InChI is InChI=1S/C25H32N4O3/c30-24(20-7-3-1-4-8-20)27-21-17-22(25(31)32)23(26-18-21)29-15-10-19(11-16-29)9-14-28-12-5-2-6-13-28/h1,3-4,7-8,17-19H,2,5-6,9-16H2,(H,27,30)(H,31,32). The first kappa shape index (κ1) is 22.3. The van der Waals surface area contributed by atoms with Crippen molar-refractivity contribution in [2.45, 2.75) is 38.5 Å². The molecule has 7 heteroatoms. The first-order valence-electron chi connectivity index (χ1n) is 11.7. The van der Waals surface area contributed by atoms with Gasteiger partial charge in [-0.2, -0.15) is 0 Å². The van der Waals surface area contributed by atoms with Gasteiger partial charge >= 0.3 is 5.97 Å². The van der Waals surface area contributed by atoms with Gasteiger partial charge in [0.2, 0.25) is 0 Å². The van der Waals surface area contributed by atoms with Gasteiger partial charge in [0, 0.05) is 18.7 Å². The van der Waals surface area contributed by atoms with Crippen molar-refractivity contribution in [1.29, 1.82) is 0 Å². The Morgan fingerprint density at radius 2 is 1.75 bits per heavy atom. The minimum absolute atomic E-state index is 0.127. The van der Waals surface area contributed by atoms with Crippen molar-refractivity contribution in [3.63, 3.8) is 0 Å².